The summed E-state index contributed by atoms with van der Waals surface area (Å²) in [5.41, 5.74) is 1.81. The number of nitrogens with zero attached hydrogens (tertiary/aromatic N) is 5. The van der Waals surface area contributed by atoms with E-state index in [1.54, 1.807) is 29.3 Å². The number of hydrogen-bond donors (Lipinski definition) is 0. The van der Waals surface area contributed by atoms with E-state index in [4.69, 9.17) is 9.47 Å². The van der Waals surface area contributed by atoms with Gasteiger partial charge >= 0.3 is 0 Å². The van der Waals surface area contributed by atoms with Crippen LogP contribution in [0.25, 0.3) is 0 Å². The molecule has 0 saturated carbocycles. The molecule has 140 valence electrons. The van der Waals surface area contributed by atoms with Crippen LogP contribution >= 0.6 is 0 Å². The lowest BCUT2D eigenvalue weighted by Gasteiger charge is -2.19. The number of benzene rings is 2. The minimum atomic E-state index is 0.338. The zero-order valence-corrected chi connectivity index (χ0v) is 15.4. The monoisotopic (exact) mass is 373 g/mol. The van der Waals surface area contributed by atoms with Gasteiger partial charge in [-0.1, -0.05) is 43.0 Å². The minimum absolute atomic E-state index is 0.338. The highest BCUT2D eigenvalue weighted by atomic mass is 16.5. The van der Waals surface area contributed by atoms with Crippen LogP contribution in [0, 0.1) is 0 Å². The van der Waals surface area contributed by atoms with E-state index in [2.05, 4.69) is 22.0 Å². The number of aromatic nitrogens is 1. The van der Waals surface area contributed by atoms with Gasteiger partial charge < -0.3 is 9.47 Å². The second-order valence-electron chi connectivity index (χ2n) is 6.10. The number of anilines is 1. The first kappa shape index (κ1) is 17.5. The van der Waals surface area contributed by atoms with Crippen molar-refractivity contribution < 1.29 is 9.47 Å². The maximum Gasteiger partial charge on any atom is 0.213 e. The predicted molar refractivity (Wildman–Crippen MR) is 106 cm³/mol. The summed E-state index contributed by atoms with van der Waals surface area (Å²) < 4.78 is 11.6. The molecule has 0 saturated heterocycles. The Balaban J connectivity index is 1.43. The van der Waals surface area contributed by atoms with Gasteiger partial charge in [-0.05, 0) is 34.7 Å². The molecule has 0 unspecified atom stereocenters. The molecule has 0 radical (unpaired) electrons. The van der Waals surface area contributed by atoms with E-state index in [1.165, 1.54) is 0 Å². The molecule has 28 heavy (non-hydrogen) atoms. The number of hydrogen-bond acceptors (Lipinski definition) is 7. The van der Waals surface area contributed by atoms with Crippen molar-refractivity contribution in [2.45, 2.75) is 6.61 Å². The normalized spacial score (nSPS) is 13.1. The molecule has 7 nitrogen and oxygen atoms in total. The van der Waals surface area contributed by atoms with Crippen LogP contribution in [-0.2, 0) is 6.61 Å². The van der Waals surface area contributed by atoms with Crippen LogP contribution < -0.4 is 14.5 Å². The van der Waals surface area contributed by atoms with E-state index in [9.17, 15) is 0 Å². The Morgan fingerprint density at radius 3 is 2.39 bits per heavy atom. The molecule has 0 atom stereocenters. The second-order valence-corrected chi connectivity index (χ2v) is 6.10. The van der Waals surface area contributed by atoms with Gasteiger partial charge in [0, 0.05) is 18.7 Å². The van der Waals surface area contributed by atoms with Gasteiger partial charge in [-0.15, -0.1) is 0 Å². The highest BCUT2D eigenvalue weighted by molar-refractivity contribution is 5.56. The molecule has 1 aromatic heterocycles. The lowest BCUT2D eigenvalue weighted by atomic mass is 10.2. The molecule has 0 spiro atoms. The molecule has 0 bridgehead atoms. The summed E-state index contributed by atoms with van der Waals surface area (Å²) >= 11 is 0. The standard InChI is InChI=1S/C21H19N5O2/c1-16-25(2)23-24-26(16)20-11-7-6-8-17(20)15-27-21-13-12-19(14-22-21)28-18-9-4-3-5-10-18/h3-14H,1,15H2,2H3. The third-order valence-corrected chi connectivity index (χ3v) is 4.17. The van der Waals surface area contributed by atoms with Crippen LogP contribution in [0.2, 0.25) is 0 Å². The quantitative estimate of drug-likeness (QED) is 0.611. The molecular weight excluding hydrogens is 354 g/mol. The van der Waals surface area contributed by atoms with Crippen LogP contribution in [0.3, 0.4) is 0 Å². The number of rotatable bonds is 6. The van der Waals surface area contributed by atoms with E-state index in [0.29, 0.717) is 24.1 Å². The van der Waals surface area contributed by atoms with Gasteiger partial charge in [0.1, 0.15) is 23.9 Å². The molecule has 0 N–H and O–H groups in total. The lowest BCUT2D eigenvalue weighted by Crippen LogP contribution is -2.19. The fourth-order valence-electron chi connectivity index (χ4n) is 2.66. The highest BCUT2D eigenvalue weighted by Gasteiger charge is 2.22. The van der Waals surface area contributed by atoms with Crippen molar-refractivity contribution in [1.82, 2.24) is 9.99 Å². The summed E-state index contributed by atoms with van der Waals surface area (Å²) in [6, 6.07) is 21.0. The predicted octanol–water partition coefficient (Wildman–Crippen LogP) is 4.96. The first-order valence-corrected chi connectivity index (χ1v) is 8.75. The van der Waals surface area contributed by atoms with Crippen molar-refractivity contribution in [3.8, 4) is 17.4 Å². The molecule has 2 aromatic carbocycles. The number of ether oxygens (including phenoxy) is 2. The fraction of sp³-hybridized carbons (Fsp3) is 0.0952. The van der Waals surface area contributed by atoms with Crippen LogP contribution in [0.4, 0.5) is 5.69 Å². The largest absolute Gasteiger partial charge is 0.473 e. The Labute approximate surface area is 163 Å². The molecule has 0 amide bonds. The molecule has 0 fully saturated rings. The van der Waals surface area contributed by atoms with Gasteiger partial charge in [-0.3, -0.25) is 0 Å². The topological polar surface area (TPSA) is 62.6 Å². The molecule has 0 aliphatic carbocycles. The third kappa shape index (κ3) is 3.78. The first-order chi connectivity index (χ1) is 13.7. The van der Waals surface area contributed by atoms with Crippen LogP contribution in [0.15, 0.2) is 95.8 Å². The smallest absolute Gasteiger partial charge is 0.213 e. The second kappa shape index (κ2) is 7.79. The molecule has 1 aliphatic heterocycles. The van der Waals surface area contributed by atoms with Gasteiger partial charge in [0.2, 0.25) is 5.88 Å². The van der Waals surface area contributed by atoms with Crippen molar-refractivity contribution in [2.75, 3.05) is 12.1 Å². The summed E-state index contributed by atoms with van der Waals surface area (Å²) in [6.45, 7) is 4.33. The van der Waals surface area contributed by atoms with Gasteiger partial charge in [-0.2, -0.15) is 5.01 Å². The van der Waals surface area contributed by atoms with Crippen molar-refractivity contribution in [3.63, 3.8) is 0 Å². The molecule has 3 aromatic rings. The molecule has 4 rings (SSSR count). The van der Waals surface area contributed by atoms with Crippen molar-refractivity contribution in [3.05, 3.63) is 90.9 Å². The van der Waals surface area contributed by atoms with Crippen molar-refractivity contribution in [1.29, 1.82) is 0 Å². The Kier molecular flexibility index (Phi) is 4.88. The Bertz CT molecular complexity index is 989. The van der Waals surface area contributed by atoms with Gasteiger partial charge in [0.15, 0.2) is 0 Å². The Morgan fingerprint density at radius 1 is 0.893 bits per heavy atom. The fourth-order valence-corrected chi connectivity index (χ4v) is 2.66. The maximum atomic E-state index is 5.85. The Hall–Kier alpha value is -3.87. The zero-order valence-electron chi connectivity index (χ0n) is 15.4. The summed E-state index contributed by atoms with van der Waals surface area (Å²) in [5.74, 6) is 2.59. The average molecular weight is 373 g/mol. The molecule has 1 aliphatic rings. The van der Waals surface area contributed by atoms with E-state index in [1.807, 2.05) is 60.7 Å². The summed E-state index contributed by atoms with van der Waals surface area (Å²) in [5, 5.41) is 11.4. The van der Waals surface area contributed by atoms with E-state index >= 15 is 0 Å². The van der Waals surface area contributed by atoms with E-state index in [0.717, 1.165) is 17.0 Å². The van der Waals surface area contributed by atoms with Gasteiger partial charge in [-0.25, -0.2) is 9.99 Å². The van der Waals surface area contributed by atoms with E-state index in [-0.39, 0.29) is 0 Å². The summed E-state index contributed by atoms with van der Waals surface area (Å²) in [7, 11) is 1.80. The van der Waals surface area contributed by atoms with E-state index < -0.39 is 0 Å². The highest BCUT2D eigenvalue weighted by Crippen LogP contribution is 2.29. The number of pyridine rings is 1. The van der Waals surface area contributed by atoms with Crippen LogP contribution in [0.5, 0.6) is 17.4 Å². The van der Waals surface area contributed by atoms with Crippen LogP contribution in [0.1, 0.15) is 5.56 Å². The number of para-hydroxylation sites is 2. The maximum absolute atomic E-state index is 5.85. The van der Waals surface area contributed by atoms with Gasteiger partial charge in [0.05, 0.1) is 11.9 Å². The minimum Gasteiger partial charge on any atom is -0.473 e. The van der Waals surface area contributed by atoms with Crippen molar-refractivity contribution >= 4 is 5.69 Å². The Morgan fingerprint density at radius 2 is 1.68 bits per heavy atom. The molecule has 2 heterocycles. The van der Waals surface area contributed by atoms with Crippen LogP contribution in [-0.4, -0.2) is 17.0 Å². The molecule has 7 heteroatoms. The zero-order chi connectivity index (χ0) is 19.3. The average Bonchev–Trinajstić information content (AvgIpc) is 3.07. The van der Waals surface area contributed by atoms with Crippen molar-refractivity contribution in [2.24, 2.45) is 10.4 Å². The van der Waals surface area contributed by atoms with Gasteiger partial charge in [0.25, 0.3) is 0 Å². The summed E-state index contributed by atoms with van der Waals surface area (Å²) in [4.78, 5) is 4.32. The molecular formula is C21H19N5O2. The summed E-state index contributed by atoms with van der Waals surface area (Å²) in [6.07, 6.45) is 1.64. The SMILES string of the molecule is C=C1N(C)N=NN1c1ccccc1COc1ccc(Oc2ccccc2)cn1. The lowest BCUT2D eigenvalue weighted by molar-refractivity contribution is 0.293. The third-order valence-electron chi connectivity index (χ3n) is 4.17. The first-order valence-electron chi connectivity index (χ1n) is 8.75.